The zero-order chi connectivity index (χ0) is 10.4. The van der Waals surface area contributed by atoms with E-state index >= 15 is 0 Å². The van der Waals surface area contributed by atoms with Crippen LogP contribution < -0.4 is 5.73 Å². The van der Waals surface area contributed by atoms with E-state index in [4.69, 9.17) is 5.73 Å². The van der Waals surface area contributed by atoms with Gasteiger partial charge in [-0.05, 0) is 5.56 Å². The second-order valence-electron chi connectivity index (χ2n) is 3.12. The molecule has 0 radical (unpaired) electrons. The van der Waals surface area contributed by atoms with Crippen LogP contribution in [0.25, 0.3) is 0 Å². The fourth-order valence-electron chi connectivity index (χ4n) is 1.12. The number of primary amides is 1. The molecule has 0 aromatic heterocycles. The molecule has 14 heavy (non-hydrogen) atoms. The highest BCUT2D eigenvalue weighted by molar-refractivity contribution is 5.85. The van der Waals surface area contributed by atoms with Crippen LogP contribution in [0.2, 0.25) is 0 Å². The third kappa shape index (κ3) is 3.76. The highest BCUT2D eigenvalue weighted by atomic mass is 16.1. The maximum Gasteiger partial charge on any atom is 0.242 e. The lowest BCUT2D eigenvalue weighted by Crippen LogP contribution is -2.13. The summed E-state index contributed by atoms with van der Waals surface area (Å²) in [7, 11) is 1.90. The molecule has 0 spiro atoms. The molecule has 0 heterocycles. The Balaban J connectivity index is 2.49. The second-order valence-corrected chi connectivity index (χ2v) is 3.12. The van der Waals surface area contributed by atoms with Gasteiger partial charge < -0.3 is 10.6 Å². The normalized spacial score (nSPS) is 10.4. The Bertz CT molecular complexity index is 319. The summed E-state index contributed by atoms with van der Waals surface area (Å²) in [6, 6.07) is 10.0. The number of amides is 1. The molecule has 0 saturated carbocycles. The van der Waals surface area contributed by atoms with Gasteiger partial charge in [0.05, 0.1) is 0 Å². The van der Waals surface area contributed by atoms with E-state index in [1.54, 1.807) is 6.20 Å². The van der Waals surface area contributed by atoms with Gasteiger partial charge in [0.25, 0.3) is 0 Å². The average Bonchev–Trinajstić information content (AvgIpc) is 2.16. The van der Waals surface area contributed by atoms with Gasteiger partial charge in [0, 0.05) is 25.9 Å². The van der Waals surface area contributed by atoms with E-state index in [0.29, 0.717) is 0 Å². The molecule has 1 aromatic carbocycles. The fourth-order valence-corrected chi connectivity index (χ4v) is 1.12. The number of hydrogen-bond donors (Lipinski definition) is 1. The van der Waals surface area contributed by atoms with Crippen molar-refractivity contribution in [3.63, 3.8) is 0 Å². The summed E-state index contributed by atoms with van der Waals surface area (Å²) < 4.78 is 0. The molecule has 3 heteroatoms. The average molecular weight is 190 g/mol. The van der Waals surface area contributed by atoms with Crippen molar-refractivity contribution in [1.29, 1.82) is 0 Å². The van der Waals surface area contributed by atoms with Gasteiger partial charge in [0.2, 0.25) is 5.91 Å². The van der Waals surface area contributed by atoms with Crippen molar-refractivity contribution >= 4 is 5.91 Å². The molecule has 0 unspecified atom stereocenters. The number of rotatable bonds is 4. The van der Waals surface area contributed by atoms with Crippen molar-refractivity contribution in [2.75, 3.05) is 7.05 Å². The van der Waals surface area contributed by atoms with E-state index in [0.717, 1.165) is 6.54 Å². The molecule has 74 valence electrons. The minimum absolute atomic E-state index is 0.426. The van der Waals surface area contributed by atoms with Gasteiger partial charge >= 0.3 is 0 Å². The molecule has 0 aliphatic rings. The Morgan fingerprint density at radius 2 is 2.07 bits per heavy atom. The second kappa shape index (κ2) is 5.07. The van der Waals surface area contributed by atoms with Crippen LogP contribution in [0.1, 0.15) is 5.56 Å². The topological polar surface area (TPSA) is 46.3 Å². The molecular weight excluding hydrogens is 176 g/mol. The van der Waals surface area contributed by atoms with Gasteiger partial charge in [-0.25, -0.2) is 0 Å². The van der Waals surface area contributed by atoms with Crippen molar-refractivity contribution in [3.8, 4) is 0 Å². The molecular formula is C11H14N2O. The largest absolute Gasteiger partial charge is 0.376 e. The lowest BCUT2D eigenvalue weighted by atomic mass is 10.2. The van der Waals surface area contributed by atoms with Gasteiger partial charge in [-0.15, -0.1) is 0 Å². The highest BCUT2D eigenvalue weighted by Gasteiger charge is 1.94. The minimum atomic E-state index is -0.426. The lowest BCUT2D eigenvalue weighted by Gasteiger charge is -2.13. The Kier molecular flexibility index (Phi) is 3.73. The quantitative estimate of drug-likeness (QED) is 0.723. The van der Waals surface area contributed by atoms with Crippen LogP contribution in [0, 0.1) is 0 Å². The molecule has 0 fully saturated rings. The van der Waals surface area contributed by atoms with Crippen LogP contribution in [0.4, 0.5) is 0 Å². The van der Waals surface area contributed by atoms with Crippen LogP contribution in [0.3, 0.4) is 0 Å². The lowest BCUT2D eigenvalue weighted by molar-refractivity contribution is -0.113. The summed E-state index contributed by atoms with van der Waals surface area (Å²) in [5.41, 5.74) is 6.18. The van der Waals surface area contributed by atoms with E-state index in [-0.39, 0.29) is 0 Å². The number of nitrogens with zero attached hydrogens (tertiary/aromatic N) is 1. The summed E-state index contributed by atoms with van der Waals surface area (Å²) in [6.07, 6.45) is 3.03. The van der Waals surface area contributed by atoms with Crippen LogP contribution in [-0.2, 0) is 11.3 Å². The first kappa shape index (κ1) is 10.3. The van der Waals surface area contributed by atoms with Crippen LogP contribution >= 0.6 is 0 Å². The smallest absolute Gasteiger partial charge is 0.242 e. The van der Waals surface area contributed by atoms with Crippen LogP contribution in [-0.4, -0.2) is 17.9 Å². The van der Waals surface area contributed by atoms with Gasteiger partial charge in [-0.3, -0.25) is 4.79 Å². The third-order valence-electron chi connectivity index (χ3n) is 1.77. The van der Waals surface area contributed by atoms with E-state index in [1.807, 2.05) is 42.3 Å². The molecule has 0 atom stereocenters. The summed E-state index contributed by atoms with van der Waals surface area (Å²) in [5.74, 6) is -0.426. The summed E-state index contributed by atoms with van der Waals surface area (Å²) >= 11 is 0. The molecule has 0 aliphatic carbocycles. The molecule has 2 N–H and O–H groups in total. The number of carbonyl (C=O) groups is 1. The van der Waals surface area contributed by atoms with Crippen LogP contribution in [0.15, 0.2) is 42.6 Å². The number of benzene rings is 1. The predicted molar refractivity (Wildman–Crippen MR) is 56.2 cm³/mol. The van der Waals surface area contributed by atoms with Gasteiger partial charge in [0.1, 0.15) is 0 Å². The molecule has 1 rings (SSSR count). The Morgan fingerprint density at radius 1 is 1.43 bits per heavy atom. The SMILES string of the molecule is CN(/C=C/C(N)=O)Cc1ccccc1. The first-order valence-corrected chi connectivity index (χ1v) is 4.40. The first-order valence-electron chi connectivity index (χ1n) is 4.40. The van der Waals surface area contributed by atoms with Gasteiger partial charge in [-0.1, -0.05) is 30.3 Å². The van der Waals surface area contributed by atoms with Crippen LogP contribution in [0.5, 0.6) is 0 Å². The molecule has 0 aliphatic heterocycles. The van der Waals surface area contributed by atoms with Gasteiger partial charge in [-0.2, -0.15) is 0 Å². The number of carbonyl (C=O) groups excluding carboxylic acids is 1. The Hall–Kier alpha value is -1.77. The summed E-state index contributed by atoms with van der Waals surface area (Å²) in [5, 5.41) is 0. The predicted octanol–water partition coefficient (Wildman–Crippen LogP) is 1.12. The monoisotopic (exact) mass is 190 g/mol. The molecule has 1 amide bonds. The van der Waals surface area contributed by atoms with Crippen molar-refractivity contribution < 1.29 is 4.79 Å². The number of hydrogen-bond acceptors (Lipinski definition) is 2. The van der Waals surface area contributed by atoms with E-state index in [9.17, 15) is 4.79 Å². The minimum Gasteiger partial charge on any atom is -0.376 e. The summed E-state index contributed by atoms with van der Waals surface area (Å²) in [6.45, 7) is 0.768. The maximum absolute atomic E-state index is 10.5. The zero-order valence-corrected chi connectivity index (χ0v) is 8.18. The molecule has 3 nitrogen and oxygen atoms in total. The zero-order valence-electron chi connectivity index (χ0n) is 8.18. The molecule has 0 bridgehead atoms. The number of nitrogens with two attached hydrogens (primary N) is 1. The third-order valence-corrected chi connectivity index (χ3v) is 1.77. The Morgan fingerprint density at radius 3 is 2.64 bits per heavy atom. The molecule has 0 saturated heterocycles. The van der Waals surface area contributed by atoms with Crippen molar-refractivity contribution in [3.05, 3.63) is 48.2 Å². The van der Waals surface area contributed by atoms with Crippen molar-refractivity contribution in [1.82, 2.24) is 4.90 Å². The maximum atomic E-state index is 10.5. The summed E-state index contributed by atoms with van der Waals surface area (Å²) in [4.78, 5) is 12.4. The standard InChI is InChI=1S/C11H14N2O/c1-13(8-7-11(12)14)9-10-5-3-2-4-6-10/h2-8H,9H2,1H3,(H2,12,14)/b8-7+. The first-order chi connectivity index (χ1) is 6.68. The van der Waals surface area contributed by atoms with E-state index in [2.05, 4.69) is 0 Å². The van der Waals surface area contributed by atoms with Crippen molar-refractivity contribution in [2.24, 2.45) is 5.73 Å². The van der Waals surface area contributed by atoms with E-state index in [1.165, 1.54) is 11.6 Å². The van der Waals surface area contributed by atoms with E-state index < -0.39 is 5.91 Å². The molecule has 1 aromatic rings. The highest BCUT2D eigenvalue weighted by Crippen LogP contribution is 2.02. The Labute approximate surface area is 83.8 Å². The fraction of sp³-hybridized carbons (Fsp3) is 0.182. The van der Waals surface area contributed by atoms with Gasteiger partial charge in [0.15, 0.2) is 0 Å². The van der Waals surface area contributed by atoms with Crippen molar-refractivity contribution in [2.45, 2.75) is 6.54 Å².